The lowest BCUT2D eigenvalue weighted by molar-refractivity contribution is -0.402. The number of aliphatic hydroxyl groups is 17. The van der Waals surface area contributed by atoms with Crippen molar-refractivity contribution in [2.45, 2.75) is 154 Å². The van der Waals surface area contributed by atoms with Crippen LogP contribution in [0.2, 0.25) is 0 Å². The van der Waals surface area contributed by atoms with Crippen molar-refractivity contribution in [3.8, 4) is 0 Å². The molecule has 5 aliphatic heterocycles. The van der Waals surface area contributed by atoms with Crippen LogP contribution in [-0.4, -0.2) is 273 Å². The van der Waals surface area contributed by atoms with Gasteiger partial charge in [0.05, 0.1) is 33.0 Å². The smallest absolute Gasteiger partial charge is 0.187 e. The molecule has 17 N–H and O–H groups in total. The predicted octanol–water partition coefficient (Wildman–Crippen LogP) is -11.9. The first-order valence-electron chi connectivity index (χ1n) is 17.6. The van der Waals surface area contributed by atoms with Gasteiger partial charge < -0.3 is 129 Å². The van der Waals surface area contributed by atoms with Crippen molar-refractivity contribution in [2.24, 2.45) is 0 Å². The molecule has 26 heteroatoms. The van der Waals surface area contributed by atoms with Crippen LogP contribution in [-0.2, 0) is 42.6 Å². The summed E-state index contributed by atoms with van der Waals surface area (Å²) in [5, 5.41) is 177. The number of ether oxygens (including phenoxy) is 9. The van der Waals surface area contributed by atoms with Crippen molar-refractivity contribution in [1.29, 1.82) is 0 Å². The van der Waals surface area contributed by atoms with Gasteiger partial charge in [-0.3, -0.25) is 0 Å². The molecule has 0 aromatic carbocycles. The van der Waals surface area contributed by atoms with Crippen molar-refractivity contribution in [3.63, 3.8) is 0 Å². The van der Waals surface area contributed by atoms with Gasteiger partial charge in [0, 0.05) is 0 Å². The van der Waals surface area contributed by atoms with Gasteiger partial charge in [-0.15, -0.1) is 0 Å². The molecule has 0 amide bonds. The van der Waals surface area contributed by atoms with E-state index in [-0.39, 0.29) is 0 Å². The van der Waals surface area contributed by atoms with Crippen LogP contribution in [0.4, 0.5) is 0 Å². The van der Waals surface area contributed by atoms with E-state index < -0.39 is 187 Å². The monoisotopic (exact) mass is 828 g/mol. The third-order valence-electron chi connectivity index (χ3n) is 10.3. The van der Waals surface area contributed by atoms with Crippen LogP contribution in [0.5, 0.6) is 0 Å². The molecule has 328 valence electrons. The average molecular weight is 829 g/mol. The summed E-state index contributed by atoms with van der Waals surface area (Å²) >= 11 is 0. The quantitative estimate of drug-likeness (QED) is 0.0819. The highest BCUT2D eigenvalue weighted by Crippen LogP contribution is 2.36. The van der Waals surface area contributed by atoms with Gasteiger partial charge in [-0.1, -0.05) is 0 Å². The molecule has 5 heterocycles. The number of hydrogen-bond acceptors (Lipinski definition) is 26. The molecule has 5 saturated heterocycles. The van der Waals surface area contributed by atoms with Crippen LogP contribution < -0.4 is 0 Å². The van der Waals surface area contributed by atoms with Gasteiger partial charge in [-0.25, -0.2) is 0 Å². The van der Waals surface area contributed by atoms with Crippen LogP contribution in [0.1, 0.15) is 0 Å². The van der Waals surface area contributed by atoms with Gasteiger partial charge in [-0.05, 0) is 0 Å². The lowest BCUT2D eigenvalue weighted by Crippen LogP contribution is -2.68. The minimum Gasteiger partial charge on any atom is -0.394 e. The first-order chi connectivity index (χ1) is 26.5. The van der Waals surface area contributed by atoms with Crippen molar-refractivity contribution >= 4 is 0 Å². The Morgan fingerprint density at radius 2 is 0.571 bits per heavy atom. The van der Waals surface area contributed by atoms with Crippen LogP contribution in [0, 0.1) is 0 Å². The molecule has 0 spiro atoms. The third kappa shape index (κ3) is 9.16. The molecule has 0 radical (unpaired) electrons. The highest BCUT2D eigenvalue weighted by molar-refractivity contribution is 4.99. The molecule has 56 heavy (non-hydrogen) atoms. The van der Waals surface area contributed by atoms with E-state index in [4.69, 9.17) is 42.6 Å². The molecule has 0 aliphatic carbocycles. The molecule has 0 aromatic heterocycles. The largest absolute Gasteiger partial charge is 0.394 e. The second kappa shape index (κ2) is 19.6. The standard InChI is InChI=1S/C30H52O26/c31-1-6-12(37)17(42)24(26(47)48-6)55-30-25(18(43)13(38)8(3-33)52-30)56-29-21(46)23(15(40)10(5-35)51-29)54-28-20(45)22(14(39)9(4-34)50-28)53-27-19(44)16(41)11(36)7(2-32)49-27/h6-47H,1-5H2/t6-,7-,8-,9-,10-,11-,12-,13-,14-,15-,16+,17+,18+,19-,20-,21+,22+,23+,24+,25+,26?,27-,28-,29-,30-/m1/s1. The number of aliphatic hydroxyl groups excluding tert-OH is 17. The maximum Gasteiger partial charge on any atom is 0.187 e. The highest BCUT2D eigenvalue weighted by atomic mass is 16.8. The summed E-state index contributed by atoms with van der Waals surface area (Å²) in [4.78, 5) is 0. The van der Waals surface area contributed by atoms with Crippen molar-refractivity contribution in [1.82, 2.24) is 0 Å². The second-order valence-corrected chi connectivity index (χ2v) is 13.9. The Bertz CT molecular complexity index is 1210. The zero-order valence-corrected chi connectivity index (χ0v) is 29.2. The molecule has 0 bridgehead atoms. The lowest BCUT2D eigenvalue weighted by Gasteiger charge is -2.49. The first kappa shape index (κ1) is 46.0. The van der Waals surface area contributed by atoms with Gasteiger partial charge in [0.15, 0.2) is 31.5 Å². The van der Waals surface area contributed by atoms with E-state index in [9.17, 15) is 86.8 Å². The molecule has 25 atom stereocenters. The fraction of sp³-hybridized carbons (Fsp3) is 1.00. The summed E-state index contributed by atoms with van der Waals surface area (Å²) in [5.41, 5.74) is 0. The lowest BCUT2D eigenvalue weighted by atomic mass is 9.95. The topological polar surface area (TPSA) is 427 Å². The maximum absolute atomic E-state index is 11.4. The van der Waals surface area contributed by atoms with Gasteiger partial charge in [0.2, 0.25) is 0 Å². The second-order valence-electron chi connectivity index (χ2n) is 13.9. The molecule has 5 fully saturated rings. The Balaban J connectivity index is 1.36. The van der Waals surface area contributed by atoms with E-state index in [0.717, 1.165) is 0 Å². The Hall–Kier alpha value is -1.04. The zero-order valence-electron chi connectivity index (χ0n) is 29.2. The zero-order chi connectivity index (χ0) is 41.3. The van der Waals surface area contributed by atoms with Crippen LogP contribution >= 0.6 is 0 Å². The van der Waals surface area contributed by atoms with Crippen LogP contribution in [0.25, 0.3) is 0 Å². The minimum absolute atomic E-state index is 0.820. The Morgan fingerprint density at radius 3 is 1.00 bits per heavy atom. The highest BCUT2D eigenvalue weighted by Gasteiger charge is 2.56. The van der Waals surface area contributed by atoms with E-state index in [1.165, 1.54) is 0 Å². The van der Waals surface area contributed by atoms with Crippen LogP contribution in [0.3, 0.4) is 0 Å². The normalized spacial score (nSPS) is 53.2. The van der Waals surface area contributed by atoms with Gasteiger partial charge >= 0.3 is 0 Å². The Morgan fingerprint density at radius 1 is 0.268 bits per heavy atom. The molecule has 1 unspecified atom stereocenters. The molecular weight excluding hydrogens is 776 g/mol. The van der Waals surface area contributed by atoms with Gasteiger partial charge in [-0.2, -0.15) is 0 Å². The number of hydrogen-bond donors (Lipinski definition) is 17. The third-order valence-corrected chi connectivity index (χ3v) is 10.3. The summed E-state index contributed by atoms with van der Waals surface area (Å²) < 4.78 is 49.3. The van der Waals surface area contributed by atoms with E-state index in [1.54, 1.807) is 0 Å². The van der Waals surface area contributed by atoms with E-state index in [1.807, 2.05) is 0 Å². The first-order valence-corrected chi connectivity index (χ1v) is 17.6. The summed E-state index contributed by atoms with van der Waals surface area (Å²) in [5.74, 6) is 0. The summed E-state index contributed by atoms with van der Waals surface area (Å²) in [7, 11) is 0. The fourth-order valence-corrected chi connectivity index (χ4v) is 6.98. The summed E-state index contributed by atoms with van der Waals surface area (Å²) in [6.07, 6.45) is -47.4. The Labute approximate surface area is 316 Å². The maximum atomic E-state index is 11.4. The van der Waals surface area contributed by atoms with Crippen molar-refractivity contribution < 1.29 is 129 Å². The Kier molecular flexibility index (Phi) is 16.1. The van der Waals surface area contributed by atoms with Crippen LogP contribution in [0.15, 0.2) is 0 Å². The molecular formula is C30H52O26. The summed E-state index contributed by atoms with van der Waals surface area (Å²) in [6, 6.07) is 0. The van der Waals surface area contributed by atoms with Gasteiger partial charge in [0.25, 0.3) is 0 Å². The molecule has 0 saturated carbocycles. The fourth-order valence-electron chi connectivity index (χ4n) is 6.98. The molecule has 5 aliphatic rings. The minimum atomic E-state index is -2.20. The number of rotatable bonds is 13. The van der Waals surface area contributed by atoms with Crippen molar-refractivity contribution in [2.75, 3.05) is 33.0 Å². The molecule has 5 rings (SSSR count). The SMILES string of the molecule is OC[C@H]1O[C@H](O[C@@H]2[C@@H](O)[C@@H](O[C@@H]3[C@H](O)[C@@H](O[C@@H]4[C@@H](O[C@@H]5C(O)O[C@H](CO)[C@@H](O)[C@@H]5O)O[C@H](CO)[C@@H](O)[C@@H]4O)O[C@H](CO)[C@H]3O)O[C@H](CO)[C@H]2O)[C@H](O)[C@@H](O)[C@@H]1O. The summed E-state index contributed by atoms with van der Waals surface area (Å²) in [6.45, 7) is -4.55. The van der Waals surface area contributed by atoms with E-state index in [0.29, 0.717) is 0 Å². The van der Waals surface area contributed by atoms with Gasteiger partial charge in [0.1, 0.15) is 122 Å². The van der Waals surface area contributed by atoms with Crippen molar-refractivity contribution in [3.05, 3.63) is 0 Å². The molecule has 26 nitrogen and oxygen atoms in total. The molecule has 0 aromatic rings. The predicted molar refractivity (Wildman–Crippen MR) is 167 cm³/mol. The van der Waals surface area contributed by atoms with E-state index >= 15 is 0 Å². The average Bonchev–Trinajstić information content (AvgIpc) is 3.18. The van der Waals surface area contributed by atoms with E-state index in [2.05, 4.69) is 0 Å².